The quantitative estimate of drug-likeness (QED) is 0.701. The number of carbonyl (C=O) groups excluding carboxylic acids is 1. The van der Waals surface area contributed by atoms with E-state index in [1.54, 1.807) is 0 Å². The van der Waals surface area contributed by atoms with Gasteiger partial charge in [-0.1, -0.05) is 0 Å². The van der Waals surface area contributed by atoms with Gasteiger partial charge in [0.05, 0.1) is 6.54 Å². The van der Waals surface area contributed by atoms with Crippen molar-refractivity contribution >= 4 is 5.91 Å². The van der Waals surface area contributed by atoms with Gasteiger partial charge in [-0.3, -0.25) is 9.69 Å². The van der Waals surface area contributed by atoms with Crippen LogP contribution in [0.1, 0.15) is 25.7 Å². The zero-order valence-electron chi connectivity index (χ0n) is 9.32. The number of hydrogen-bond acceptors (Lipinski definition) is 3. The highest BCUT2D eigenvalue weighted by Gasteiger charge is 2.23. The molecule has 1 atom stereocenters. The van der Waals surface area contributed by atoms with E-state index in [1.807, 2.05) is 4.90 Å². The average Bonchev–Trinajstić information content (AvgIpc) is 2.70. The van der Waals surface area contributed by atoms with Crippen molar-refractivity contribution in [2.75, 3.05) is 32.7 Å². The van der Waals surface area contributed by atoms with E-state index in [2.05, 4.69) is 4.90 Å². The number of likely N-dealkylation sites (tertiary alicyclic amines) is 2. The molecule has 0 aromatic rings. The lowest BCUT2D eigenvalue weighted by Crippen LogP contribution is -2.47. The van der Waals surface area contributed by atoms with E-state index in [0.717, 1.165) is 39.0 Å². The molecule has 2 fully saturated rings. The molecule has 0 saturated carbocycles. The molecule has 15 heavy (non-hydrogen) atoms. The molecule has 2 aliphatic rings. The number of carbonyl (C=O) groups is 1. The van der Waals surface area contributed by atoms with E-state index >= 15 is 0 Å². The van der Waals surface area contributed by atoms with E-state index < -0.39 is 0 Å². The number of rotatable bonds is 2. The maximum Gasteiger partial charge on any atom is 0.236 e. The Labute approximate surface area is 91.4 Å². The molecule has 2 heterocycles. The summed E-state index contributed by atoms with van der Waals surface area (Å²) in [4.78, 5) is 16.1. The summed E-state index contributed by atoms with van der Waals surface area (Å²) in [5.41, 5.74) is 5.89. The smallest absolute Gasteiger partial charge is 0.236 e. The lowest BCUT2D eigenvalue weighted by atomic mass is 10.1. The van der Waals surface area contributed by atoms with Crippen LogP contribution in [0.4, 0.5) is 0 Å². The van der Waals surface area contributed by atoms with Crippen LogP contribution < -0.4 is 5.73 Å². The highest BCUT2D eigenvalue weighted by molar-refractivity contribution is 5.78. The molecule has 0 aliphatic carbocycles. The van der Waals surface area contributed by atoms with Gasteiger partial charge in [-0.2, -0.15) is 0 Å². The molecular formula is C11H21N3O. The lowest BCUT2D eigenvalue weighted by Gasteiger charge is -2.31. The molecule has 2 aliphatic heterocycles. The molecule has 4 heteroatoms. The average molecular weight is 211 g/mol. The number of hydrogen-bond donors (Lipinski definition) is 1. The van der Waals surface area contributed by atoms with Crippen molar-refractivity contribution in [1.82, 2.24) is 9.80 Å². The van der Waals surface area contributed by atoms with Crippen molar-refractivity contribution in [1.29, 1.82) is 0 Å². The fraction of sp³-hybridized carbons (Fsp3) is 0.909. The molecule has 0 unspecified atom stereocenters. The fourth-order valence-corrected chi connectivity index (χ4v) is 2.49. The monoisotopic (exact) mass is 211 g/mol. The van der Waals surface area contributed by atoms with Crippen LogP contribution >= 0.6 is 0 Å². The molecule has 0 aromatic carbocycles. The summed E-state index contributed by atoms with van der Waals surface area (Å²) in [6.07, 6.45) is 4.58. The molecule has 2 N–H and O–H groups in total. The molecule has 2 saturated heterocycles. The molecule has 86 valence electrons. The summed E-state index contributed by atoms with van der Waals surface area (Å²) in [6, 6.07) is 0.269. The van der Waals surface area contributed by atoms with Crippen LogP contribution in [0.25, 0.3) is 0 Å². The Morgan fingerprint density at radius 1 is 1.20 bits per heavy atom. The molecule has 2 rings (SSSR count). The predicted octanol–water partition coefficient (Wildman–Crippen LogP) is 0.0319. The minimum absolute atomic E-state index is 0.269. The second-order valence-electron chi connectivity index (χ2n) is 4.73. The standard InChI is InChI=1S/C11H21N3O/c12-10-4-3-5-13(8-10)9-11(15)14-6-1-2-7-14/h10H,1-9,12H2/t10-/m1/s1. The Balaban J connectivity index is 1.77. The Hall–Kier alpha value is -0.610. The number of amides is 1. The van der Waals surface area contributed by atoms with Crippen LogP contribution in [0.3, 0.4) is 0 Å². The van der Waals surface area contributed by atoms with Crippen molar-refractivity contribution in [3.8, 4) is 0 Å². The SMILES string of the molecule is N[C@@H]1CCCN(CC(=O)N2CCCC2)C1. The largest absolute Gasteiger partial charge is 0.342 e. The topological polar surface area (TPSA) is 49.6 Å². The zero-order valence-corrected chi connectivity index (χ0v) is 9.32. The summed E-state index contributed by atoms with van der Waals surface area (Å²) < 4.78 is 0. The molecule has 1 amide bonds. The summed E-state index contributed by atoms with van der Waals surface area (Å²) in [7, 11) is 0. The van der Waals surface area contributed by atoms with Crippen molar-refractivity contribution < 1.29 is 4.79 Å². The van der Waals surface area contributed by atoms with Crippen LogP contribution in [0.2, 0.25) is 0 Å². The van der Waals surface area contributed by atoms with Crippen LogP contribution in [0.15, 0.2) is 0 Å². The van der Waals surface area contributed by atoms with Gasteiger partial charge in [-0.25, -0.2) is 0 Å². The molecule has 0 spiro atoms. The van der Waals surface area contributed by atoms with Gasteiger partial charge in [0.2, 0.25) is 5.91 Å². The van der Waals surface area contributed by atoms with Crippen molar-refractivity contribution in [3.05, 3.63) is 0 Å². The molecule has 0 radical (unpaired) electrons. The van der Waals surface area contributed by atoms with E-state index in [4.69, 9.17) is 5.73 Å². The first-order valence-electron chi connectivity index (χ1n) is 6.01. The van der Waals surface area contributed by atoms with E-state index in [0.29, 0.717) is 12.5 Å². The fourth-order valence-electron chi connectivity index (χ4n) is 2.49. The Kier molecular flexibility index (Phi) is 3.59. The van der Waals surface area contributed by atoms with Gasteiger partial charge >= 0.3 is 0 Å². The third-order valence-corrected chi connectivity index (χ3v) is 3.36. The van der Waals surface area contributed by atoms with Gasteiger partial charge in [0.25, 0.3) is 0 Å². The Morgan fingerprint density at radius 2 is 1.93 bits per heavy atom. The third-order valence-electron chi connectivity index (χ3n) is 3.36. The summed E-state index contributed by atoms with van der Waals surface area (Å²) in [5.74, 6) is 0.293. The van der Waals surface area contributed by atoms with E-state index in [1.165, 1.54) is 12.8 Å². The Bertz CT molecular complexity index is 226. The van der Waals surface area contributed by atoms with Crippen LogP contribution in [0.5, 0.6) is 0 Å². The normalized spacial score (nSPS) is 28.3. The first-order valence-corrected chi connectivity index (χ1v) is 6.01. The summed E-state index contributed by atoms with van der Waals surface area (Å²) >= 11 is 0. The summed E-state index contributed by atoms with van der Waals surface area (Å²) in [5, 5.41) is 0. The van der Waals surface area contributed by atoms with Crippen molar-refractivity contribution in [2.45, 2.75) is 31.7 Å². The van der Waals surface area contributed by atoms with Crippen LogP contribution in [-0.2, 0) is 4.79 Å². The molecule has 0 aromatic heterocycles. The van der Waals surface area contributed by atoms with Gasteiger partial charge in [0, 0.05) is 25.7 Å². The van der Waals surface area contributed by atoms with Gasteiger partial charge < -0.3 is 10.6 Å². The van der Waals surface area contributed by atoms with E-state index in [-0.39, 0.29) is 6.04 Å². The zero-order chi connectivity index (χ0) is 10.7. The predicted molar refractivity (Wildman–Crippen MR) is 59.5 cm³/mol. The highest BCUT2D eigenvalue weighted by atomic mass is 16.2. The second-order valence-corrected chi connectivity index (χ2v) is 4.73. The maximum absolute atomic E-state index is 11.9. The maximum atomic E-state index is 11.9. The number of piperidine rings is 1. The Morgan fingerprint density at radius 3 is 2.60 bits per heavy atom. The number of nitrogens with zero attached hydrogens (tertiary/aromatic N) is 2. The van der Waals surface area contributed by atoms with Crippen LogP contribution in [0, 0.1) is 0 Å². The molecule has 0 bridgehead atoms. The van der Waals surface area contributed by atoms with Crippen molar-refractivity contribution in [2.24, 2.45) is 5.73 Å². The van der Waals surface area contributed by atoms with Crippen LogP contribution in [-0.4, -0.2) is 54.5 Å². The highest BCUT2D eigenvalue weighted by Crippen LogP contribution is 2.11. The van der Waals surface area contributed by atoms with Crippen molar-refractivity contribution in [3.63, 3.8) is 0 Å². The van der Waals surface area contributed by atoms with Gasteiger partial charge in [0.15, 0.2) is 0 Å². The molecule has 4 nitrogen and oxygen atoms in total. The van der Waals surface area contributed by atoms with Gasteiger partial charge in [-0.05, 0) is 32.2 Å². The number of nitrogens with two attached hydrogens (primary N) is 1. The van der Waals surface area contributed by atoms with Gasteiger partial charge in [0.1, 0.15) is 0 Å². The summed E-state index contributed by atoms with van der Waals surface area (Å²) in [6.45, 7) is 4.41. The third kappa shape index (κ3) is 2.92. The minimum atomic E-state index is 0.269. The first kappa shape index (κ1) is 10.9. The second kappa shape index (κ2) is 4.94. The van der Waals surface area contributed by atoms with Gasteiger partial charge in [-0.15, -0.1) is 0 Å². The lowest BCUT2D eigenvalue weighted by molar-refractivity contribution is -0.131. The molecular weight excluding hydrogens is 190 g/mol. The first-order chi connectivity index (χ1) is 7.25. The van der Waals surface area contributed by atoms with E-state index in [9.17, 15) is 4.79 Å². The minimum Gasteiger partial charge on any atom is -0.342 e.